The Labute approximate surface area is 231 Å². The number of amides is 1. The number of benzene rings is 3. The van der Waals surface area contributed by atoms with Crippen LogP contribution in [0.5, 0.6) is 5.75 Å². The van der Waals surface area contributed by atoms with E-state index in [1.165, 1.54) is 0 Å². The fourth-order valence-electron chi connectivity index (χ4n) is 4.09. The summed E-state index contributed by atoms with van der Waals surface area (Å²) >= 11 is 16.0. The number of rotatable bonds is 6. The fraction of sp³-hybridized carbons (Fsp3) is 0.154. The first-order valence-corrected chi connectivity index (χ1v) is 12.8. The van der Waals surface area contributed by atoms with Gasteiger partial charge in [-0.05, 0) is 66.7 Å². The van der Waals surface area contributed by atoms with Crippen molar-refractivity contribution in [1.29, 1.82) is 0 Å². The lowest BCUT2D eigenvalue weighted by Gasteiger charge is -2.29. The number of ether oxygens (including phenoxy) is 1. The maximum absolute atomic E-state index is 13.7. The highest BCUT2D eigenvalue weighted by Crippen LogP contribution is 2.40. The SMILES string of the molecule is CC1=C(C(=O)Nc2ccc(C)cc2)C(c2cc(Br)ccc2OCc2ccc(Cl)cc2Cl)n2nnnc2N1. The number of anilines is 2. The number of hydrogen-bond donors (Lipinski definition) is 2. The van der Waals surface area contributed by atoms with Crippen molar-refractivity contribution in [1.82, 2.24) is 20.2 Å². The molecular formula is C26H21BrCl2N6O2. The highest BCUT2D eigenvalue weighted by atomic mass is 79.9. The van der Waals surface area contributed by atoms with Gasteiger partial charge in [-0.25, -0.2) is 0 Å². The Morgan fingerprint density at radius 1 is 1.11 bits per heavy atom. The number of carbonyl (C=O) groups excluding carboxylic acids is 1. The van der Waals surface area contributed by atoms with Crippen LogP contribution in [0.25, 0.3) is 0 Å². The van der Waals surface area contributed by atoms with E-state index in [9.17, 15) is 4.79 Å². The lowest BCUT2D eigenvalue weighted by molar-refractivity contribution is -0.113. The van der Waals surface area contributed by atoms with Crippen molar-refractivity contribution in [3.05, 3.63) is 103 Å². The van der Waals surface area contributed by atoms with Crippen LogP contribution in [0.3, 0.4) is 0 Å². The molecule has 2 N–H and O–H groups in total. The maximum atomic E-state index is 13.7. The first-order chi connectivity index (χ1) is 17.8. The second-order valence-electron chi connectivity index (χ2n) is 8.54. The smallest absolute Gasteiger partial charge is 0.255 e. The minimum atomic E-state index is -0.662. The molecule has 1 aromatic heterocycles. The highest BCUT2D eigenvalue weighted by Gasteiger charge is 2.36. The molecule has 0 spiro atoms. The van der Waals surface area contributed by atoms with Crippen molar-refractivity contribution in [3.8, 4) is 5.75 Å². The standard InChI is InChI=1S/C26H21BrCl2N6O2/c1-14-3-8-19(9-4-14)31-25(36)23-15(2)30-26-32-33-34-35(26)24(23)20-11-17(27)6-10-22(20)37-13-16-5-7-18(28)12-21(16)29/h3-12,24H,13H2,1-2H3,(H,31,36)(H,30,32,34). The van der Waals surface area contributed by atoms with E-state index in [0.29, 0.717) is 44.3 Å². The minimum absolute atomic E-state index is 0.200. The van der Waals surface area contributed by atoms with Crippen molar-refractivity contribution in [2.45, 2.75) is 26.5 Å². The zero-order valence-electron chi connectivity index (χ0n) is 19.8. The Morgan fingerprint density at radius 3 is 2.65 bits per heavy atom. The van der Waals surface area contributed by atoms with Gasteiger partial charge in [-0.1, -0.05) is 68.0 Å². The molecule has 0 radical (unpaired) electrons. The lowest BCUT2D eigenvalue weighted by atomic mass is 9.94. The number of nitrogens with one attached hydrogen (secondary N) is 2. The zero-order chi connectivity index (χ0) is 26.1. The van der Waals surface area contributed by atoms with Crippen LogP contribution in [0.2, 0.25) is 10.0 Å². The average Bonchev–Trinajstić information content (AvgIpc) is 3.32. The van der Waals surface area contributed by atoms with Gasteiger partial charge in [0.15, 0.2) is 0 Å². The van der Waals surface area contributed by atoms with Crippen LogP contribution in [0.4, 0.5) is 11.6 Å². The molecule has 1 aliphatic rings. The van der Waals surface area contributed by atoms with E-state index in [4.69, 9.17) is 27.9 Å². The van der Waals surface area contributed by atoms with Crippen LogP contribution < -0.4 is 15.4 Å². The first kappa shape index (κ1) is 25.3. The molecule has 0 aliphatic carbocycles. The molecule has 2 heterocycles. The van der Waals surface area contributed by atoms with E-state index in [0.717, 1.165) is 15.6 Å². The van der Waals surface area contributed by atoms with Gasteiger partial charge in [0, 0.05) is 37.0 Å². The van der Waals surface area contributed by atoms with Crippen molar-refractivity contribution >= 4 is 56.7 Å². The van der Waals surface area contributed by atoms with E-state index in [2.05, 4.69) is 42.1 Å². The molecule has 3 aromatic carbocycles. The van der Waals surface area contributed by atoms with Gasteiger partial charge in [-0.15, -0.1) is 0 Å². The summed E-state index contributed by atoms with van der Waals surface area (Å²) < 4.78 is 8.61. The topological polar surface area (TPSA) is 94.0 Å². The second-order valence-corrected chi connectivity index (χ2v) is 10.3. The monoisotopic (exact) mass is 598 g/mol. The van der Waals surface area contributed by atoms with E-state index >= 15 is 0 Å². The Kier molecular flexibility index (Phi) is 7.19. The summed E-state index contributed by atoms with van der Waals surface area (Å²) in [5.74, 6) is 0.684. The molecule has 1 aliphatic heterocycles. The summed E-state index contributed by atoms with van der Waals surface area (Å²) in [7, 11) is 0. The summed E-state index contributed by atoms with van der Waals surface area (Å²) in [5.41, 5.74) is 4.33. The number of fused-ring (bicyclic) bond motifs is 1. The molecule has 0 saturated carbocycles. The number of aromatic nitrogens is 4. The summed E-state index contributed by atoms with van der Waals surface area (Å²) in [6.07, 6.45) is 0. The van der Waals surface area contributed by atoms with Gasteiger partial charge in [0.05, 0.1) is 5.57 Å². The number of halogens is 3. The lowest BCUT2D eigenvalue weighted by Crippen LogP contribution is -2.31. The van der Waals surface area contributed by atoms with Crippen molar-refractivity contribution < 1.29 is 9.53 Å². The number of allylic oxidation sites excluding steroid dienone is 1. The Balaban J connectivity index is 1.54. The van der Waals surface area contributed by atoms with Crippen LogP contribution in [0, 0.1) is 6.92 Å². The van der Waals surface area contributed by atoms with Gasteiger partial charge >= 0.3 is 0 Å². The highest BCUT2D eigenvalue weighted by molar-refractivity contribution is 9.10. The maximum Gasteiger partial charge on any atom is 0.255 e. The van der Waals surface area contributed by atoms with Gasteiger partial charge < -0.3 is 15.4 Å². The predicted molar refractivity (Wildman–Crippen MR) is 147 cm³/mol. The fourth-order valence-corrected chi connectivity index (χ4v) is 4.93. The third-order valence-corrected chi connectivity index (χ3v) is 7.01. The summed E-state index contributed by atoms with van der Waals surface area (Å²) in [5, 5.41) is 19.3. The Hall–Kier alpha value is -3.40. The van der Waals surface area contributed by atoms with Gasteiger partial charge in [-0.3, -0.25) is 4.79 Å². The molecule has 1 amide bonds. The van der Waals surface area contributed by atoms with E-state index in [1.54, 1.807) is 16.8 Å². The summed E-state index contributed by atoms with van der Waals surface area (Å²) in [4.78, 5) is 13.7. The van der Waals surface area contributed by atoms with E-state index < -0.39 is 6.04 Å². The van der Waals surface area contributed by atoms with Crippen LogP contribution in [-0.2, 0) is 11.4 Å². The predicted octanol–water partition coefficient (Wildman–Crippen LogP) is 6.56. The third-order valence-electron chi connectivity index (χ3n) is 5.93. The molecule has 0 fully saturated rings. The molecule has 1 unspecified atom stereocenters. The molecule has 0 bridgehead atoms. The molecule has 8 nitrogen and oxygen atoms in total. The van der Waals surface area contributed by atoms with E-state index in [1.807, 2.05) is 62.4 Å². The molecule has 4 aromatic rings. The normalized spacial score (nSPS) is 14.7. The Morgan fingerprint density at radius 2 is 1.89 bits per heavy atom. The second kappa shape index (κ2) is 10.5. The molecule has 5 rings (SSSR count). The summed E-state index contributed by atoms with van der Waals surface area (Å²) in [6, 6.07) is 17.8. The van der Waals surface area contributed by atoms with Gasteiger partial charge in [-0.2, -0.15) is 4.68 Å². The first-order valence-electron chi connectivity index (χ1n) is 11.3. The Bertz CT molecular complexity index is 1520. The minimum Gasteiger partial charge on any atom is -0.488 e. The van der Waals surface area contributed by atoms with E-state index in [-0.39, 0.29) is 12.5 Å². The molecule has 1 atom stereocenters. The number of nitrogens with zero attached hydrogens (tertiary/aromatic N) is 4. The van der Waals surface area contributed by atoms with Gasteiger partial charge in [0.2, 0.25) is 5.95 Å². The zero-order valence-corrected chi connectivity index (χ0v) is 22.9. The van der Waals surface area contributed by atoms with Crippen LogP contribution in [0.1, 0.15) is 29.7 Å². The van der Waals surface area contributed by atoms with Crippen molar-refractivity contribution in [2.75, 3.05) is 10.6 Å². The third kappa shape index (κ3) is 5.34. The number of carbonyl (C=O) groups is 1. The van der Waals surface area contributed by atoms with Crippen molar-refractivity contribution in [3.63, 3.8) is 0 Å². The van der Waals surface area contributed by atoms with Gasteiger partial charge in [0.25, 0.3) is 5.91 Å². The molecule has 37 heavy (non-hydrogen) atoms. The average molecular weight is 600 g/mol. The van der Waals surface area contributed by atoms with Crippen LogP contribution in [-0.4, -0.2) is 26.1 Å². The number of tetrazole rings is 1. The molecular weight excluding hydrogens is 579 g/mol. The van der Waals surface area contributed by atoms with Crippen LogP contribution >= 0.6 is 39.1 Å². The molecule has 188 valence electrons. The summed E-state index contributed by atoms with van der Waals surface area (Å²) in [6.45, 7) is 4.01. The molecule has 11 heteroatoms. The van der Waals surface area contributed by atoms with Crippen molar-refractivity contribution in [2.24, 2.45) is 0 Å². The molecule has 0 saturated heterocycles. The number of aryl methyl sites for hydroxylation is 1. The largest absolute Gasteiger partial charge is 0.488 e. The van der Waals surface area contributed by atoms with Crippen LogP contribution in [0.15, 0.2) is 76.4 Å². The quantitative estimate of drug-likeness (QED) is 0.261. The number of hydrogen-bond acceptors (Lipinski definition) is 6. The van der Waals surface area contributed by atoms with Gasteiger partial charge in [0.1, 0.15) is 18.4 Å².